The van der Waals surface area contributed by atoms with Gasteiger partial charge in [-0.05, 0) is 70.5 Å². The van der Waals surface area contributed by atoms with E-state index in [1.807, 2.05) is 0 Å². The summed E-state index contributed by atoms with van der Waals surface area (Å²) in [6.07, 6.45) is 4.08. The molecule has 0 atom stereocenters. The molecule has 0 saturated carbocycles. The fourth-order valence-electron chi connectivity index (χ4n) is 3.90. The number of ether oxygens (including phenoxy) is 1. The van der Waals surface area contributed by atoms with Crippen LogP contribution in [0.4, 0.5) is 0 Å². The van der Waals surface area contributed by atoms with E-state index in [1.54, 1.807) is 6.92 Å². The molecular weight excluding hydrogens is 332 g/mol. The minimum absolute atomic E-state index is 0.290. The van der Waals surface area contributed by atoms with Gasteiger partial charge in [-0.15, -0.1) is 0 Å². The summed E-state index contributed by atoms with van der Waals surface area (Å²) in [5, 5.41) is 8.05. The number of carbonyl (C=O) groups excluding carboxylic acids is 1. The highest BCUT2D eigenvalue weighted by molar-refractivity contribution is 6.23. The van der Waals surface area contributed by atoms with Crippen molar-refractivity contribution in [1.82, 2.24) is 0 Å². The van der Waals surface area contributed by atoms with Crippen molar-refractivity contribution < 1.29 is 9.53 Å². The number of hydrogen-bond donors (Lipinski definition) is 0. The third-order valence-corrected chi connectivity index (χ3v) is 5.29. The largest absolute Gasteiger partial charge is 0.462 e. The SMILES string of the molecule is C=C(C)C(=O)OCCCCCc1ccc2ccc3cccc4ccc1c2c34. The van der Waals surface area contributed by atoms with E-state index >= 15 is 0 Å². The minimum Gasteiger partial charge on any atom is -0.462 e. The lowest BCUT2D eigenvalue weighted by Crippen LogP contribution is -2.06. The van der Waals surface area contributed by atoms with Gasteiger partial charge in [0.2, 0.25) is 0 Å². The molecule has 4 aromatic carbocycles. The van der Waals surface area contributed by atoms with Gasteiger partial charge in [-0.25, -0.2) is 4.79 Å². The van der Waals surface area contributed by atoms with Crippen molar-refractivity contribution in [3.63, 3.8) is 0 Å². The Bertz CT molecular complexity index is 1110. The molecule has 136 valence electrons. The maximum atomic E-state index is 11.4. The van der Waals surface area contributed by atoms with Gasteiger partial charge in [-0.1, -0.05) is 61.2 Å². The molecule has 0 fully saturated rings. The first-order valence-corrected chi connectivity index (χ1v) is 9.63. The summed E-state index contributed by atoms with van der Waals surface area (Å²) in [5.74, 6) is -0.290. The van der Waals surface area contributed by atoms with Gasteiger partial charge in [-0.2, -0.15) is 0 Å². The van der Waals surface area contributed by atoms with Crippen LogP contribution in [0.5, 0.6) is 0 Å². The lowest BCUT2D eigenvalue weighted by molar-refractivity contribution is -0.139. The maximum Gasteiger partial charge on any atom is 0.333 e. The Morgan fingerprint density at radius 1 is 0.852 bits per heavy atom. The van der Waals surface area contributed by atoms with Gasteiger partial charge in [-0.3, -0.25) is 0 Å². The van der Waals surface area contributed by atoms with E-state index in [0.29, 0.717) is 12.2 Å². The summed E-state index contributed by atoms with van der Waals surface area (Å²) in [4.78, 5) is 11.4. The van der Waals surface area contributed by atoms with E-state index in [9.17, 15) is 4.79 Å². The predicted molar refractivity (Wildman–Crippen MR) is 113 cm³/mol. The lowest BCUT2D eigenvalue weighted by Gasteiger charge is -2.14. The molecule has 4 aromatic rings. The van der Waals surface area contributed by atoms with Crippen LogP contribution in [0.25, 0.3) is 32.3 Å². The van der Waals surface area contributed by atoms with Gasteiger partial charge in [0.1, 0.15) is 0 Å². The normalized spacial score (nSPS) is 11.4. The molecule has 0 heterocycles. The first-order valence-electron chi connectivity index (χ1n) is 9.63. The third kappa shape index (κ3) is 3.40. The molecule has 0 saturated heterocycles. The summed E-state index contributed by atoms with van der Waals surface area (Å²) in [7, 11) is 0. The van der Waals surface area contributed by atoms with Crippen molar-refractivity contribution in [2.75, 3.05) is 6.61 Å². The van der Waals surface area contributed by atoms with E-state index in [-0.39, 0.29) is 5.97 Å². The van der Waals surface area contributed by atoms with E-state index in [0.717, 1.165) is 25.7 Å². The molecule has 0 radical (unpaired) electrons. The molecule has 0 aliphatic heterocycles. The van der Waals surface area contributed by atoms with Crippen LogP contribution in [0.3, 0.4) is 0 Å². The fraction of sp³-hybridized carbons (Fsp3) is 0.240. The van der Waals surface area contributed by atoms with Crippen LogP contribution in [0.1, 0.15) is 31.7 Å². The second-order valence-corrected chi connectivity index (χ2v) is 7.31. The number of hydrogen-bond acceptors (Lipinski definition) is 2. The van der Waals surface area contributed by atoms with Crippen LogP contribution in [-0.4, -0.2) is 12.6 Å². The molecule has 4 rings (SSSR count). The Labute approximate surface area is 159 Å². The topological polar surface area (TPSA) is 26.3 Å². The summed E-state index contributed by atoms with van der Waals surface area (Å²) < 4.78 is 5.16. The second kappa shape index (κ2) is 7.40. The van der Waals surface area contributed by atoms with Gasteiger partial charge >= 0.3 is 5.97 Å². The standard InChI is InChI=1S/C25H24O2/c1-17(2)25(26)27-16-5-3-4-7-18-10-11-21-13-12-19-8-6-9-20-14-15-22(18)24(21)23(19)20/h6,8-15H,1,3-5,7,16H2,2H3. The number of esters is 1. The molecule has 0 bridgehead atoms. The second-order valence-electron chi connectivity index (χ2n) is 7.31. The number of rotatable bonds is 7. The van der Waals surface area contributed by atoms with Crippen molar-refractivity contribution in [2.24, 2.45) is 0 Å². The van der Waals surface area contributed by atoms with Crippen molar-refractivity contribution in [3.8, 4) is 0 Å². The highest BCUT2D eigenvalue weighted by atomic mass is 16.5. The van der Waals surface area contributed by atoms with E-state index < -0.39 is 0 Å². The lowest BCUT2D eigenvalue weighted by atomic mass is 9.90. The summed E-state index contributed by atoms with van der Waals surface area (Å²) in [6, 6.07) is 20.0. The maximum absolute atomic E-state index is 11.4. The van der Waals surface area contributed by atoms with E-state index in [2.05, 4.69) is 61.2 Å². The Balaban J connectivity index is 1.49. The monoisotopic (exact) mass is 356 g/mol. The highest BCUT2D eigenvalue weighted by Gasteiger charge is 2.10. The van der Waals surface area contributed by atoms with Gasteiger partial charge < -0.3 is 4.74 Å². The zero-order valence-electron chi connectivity index (χ0n) is 15.8. The van der Waals surface area contributed by atoms with E-state index in [1.165, 1.54) is 37.9 Å². The Kier molecular flexibility index (Phi) is 4.81. The zero-order valence-corrected chi connectivity index (χ0v) is 15.8. The smallest absolute Gasteiger partial charge is 0.333 e. The van der Waals surface area contributed by atoms with Crippen LogP contribution in [0.15, 0.2) is 66.7 Å². The Hall–Kier alpha value is -2.87. The predicted octanol–water partition coefficient (Wildman–Crippen LogP) is 6.42. The first kappa shape index (κ1) is 17.5. The van der Waals surface area contributed by atoms with Gasteiger partial charge in [0.25, 0.3) is 0 Å². The van der Waals surface area contributed by atoms with E-state index in [4.69, 9.17) is 4.74 Å². The van der Waals surface area contributed by atoms with Crippen molar-refractivity contribution in [3.05, 3.63) is 72.3 Å². The number of unbranched alkanes of at least 4 members (excludes halogenated alkanes) is 2. The minimum atomic E-state index is -0.290. The number of benzene rings is 4. The van der Waals surface area contributed by atoms with Crippen molar-refractivity contribution >= 4 is 38.3 Å². The molecule has 2 nitrogen and oxygen atoms in total. The highest BCUT2D eigenvalue weighted by Crippen LogP contribution is 2.36. The summed E-state index contributed by atoms with van der Waals surface area (Å²) in [5.41, 5.74) is 1.86. The molecule has 0 amide bonds. The molecular formula is C25H24O2. The van der Waals surface area contributed by atoms with Crippen LogP contribution >= 0.6 is 0 Å². The average molecular weight is 356 g/mol. The van der Waals surface area contributed by atoms with Crippen LogP contribution in [-0.2, 0) is 16.0 Å². The molecule has 0 aliphatic rings. The molecule has 0 N–H and O–H groups in total. The quantitative estimate of drug-likeness (QED) is 0.165. The van der Waals surface area contributed by atoms with Gasteiger partial charge in [0, 0.05) is 5.57 Å². The third-order valence-electron chi connectivity index (χ3n) is 5.29. The first-order chi connectivity index (χ1) is 13.1. The van der Waals surface area contributed by atoms with Crippen molar-refractivity contribution in [1.29, 1.82) is 0 Å². The van der Waals surface area contributed by atoms with Crippen LogP contribution in [0.2, 0.25) is 0 Å². The fourth-order valence-corrected chi connectivity index (χ4v) is 3.90. The van der Waals surface area contributed by atoms with Crippen LogP contribution < -0.4 is 0 Å². The molecule has 0 aromatic heterocycles. The summed E-state index contributed by atoms with van der Waals surface area (Å²) >= 11 is 0. The van der Waals surface area contributed by atoms with Gasteiger partial charge in [0.05, 0.1) is 6.61 Å². The molecule has 2 heteroatoms. The van der Waals surface area contributed by atoms with Crippen LogP contribution in [0, 0.1) is 0 Å². The van der Waals surface area contributed by atoms with Crippen molar-refractivity contribution in [2.45, 2.75) is 32.6 Å². The summed E-state index contributed by atoms with van der Waals surface area (Å²) in [6.45, 7) is 5.75. The zero-order chi connectivity index (χ0) is 18.8. The Morgan fingerprint density at radius 2 is 1.52 bits per heavy atom. The molecule has 0 unspecified atom stereocenters. The number of aryl methyl sites for hydroxylation is 1. The molecule has 27 heavy (non-hydrogen) atoms. The molecule has 0 spiro atoms. The molecule has 0 aliphatic carbocycles. The Morgan fingerprint density at radius 3 is 2.26 bits per heavy atom. The number of carbonyl (C=O) groups is 1. The van der Waals surface area contributed by atoms with Gasteiger partial charge in [0.15, 0.2) is 0 Å². The average Bonchev–Trinajstić information content (AvgIpc) is 2.69.